The van der Waals surface area contributed by atoms with Crippen molar-refractivity contribution in [1.82, 2.24) is 40.7 Å². The highest BCUT2D eigenvalue weighted by Gasteiger charge is 2.38. The summed E-state index contributed by atoms with van der Waals surface area (Å²) < 4.78 is 70.4. The van der Waals surface area contributed by atoms with Gasteiger partial charge in [-0.05, 0) is 30.3 Å². The summed E-state index contributed by atoms with van der Waals surface area (Å²) in [6.07, 6.45) is -2.00. The molecule has 1 aromatic carbocycles. The maximum atomic E-state index is 13.1. The number of rotatable bonds is 6. The number of hydrogen-bond donors (Lipinski definition) is 3. The molecule has 0 radical (unpaired) electrons. The molecule has 192 valence electrons. The Labute approximate surface area is 206 Å². The first-order chi connectivity index (χ1) is 17.1. The van der Waals surface area contributed by atoms with Crippen molar-refractivity contribution in [2.24, 2.45) is 15.5 Å². The third-order valence-electron chi connectivity index (χ3n) is 5.73. The Morgan fingerprint density at radius 1 is 1.28 bits per heavy atom. The number of primary sulfonamides is 1. The molecule has 0 amide bonds. The highest BCUT2D eigenvalue weighted by Crippen LogP contribution is 2.41. The van der Waals surface area contributed by atoms with Gasteiger partial charge in [0.15, 0.2) is 0 Å². The van der Waals surface area contributed by atoms with Crippen LogP contribution in [0, 0.1) is 5.92 Å². The van der Waals surface area contributed by atoms with Crippen LogP contribution < -0.4 is 15.4 Å². The van der Waals surface area contributed by atoms with Crippen LogP contribution in [0.4, 0.5) is 18.9 Å². The number of sulfonamides is 1. The van der Waals surface area contributed by atoms with Crippen LogP contribution in [0.2, 0.25) is 0 Å². The van der Waals surface area contributed by atoms with Gasteiger partial charge in [-0.15, -0.1) is 15.3 Å². The molecule has 1 fully saturated rings. The number of alkyl halides is 3. The van der Waals surface area contributed by atoms with Crippen molar-refractivity contribution in [1.29, 1.82) is 0 Å². The van der Waals surface area contributed by atoms with E-state index in [-0.39, 0.29) is 52.6 Å². The number of benzene rings is 1. The van der Waals surface area contributed by atoms with Gasteiger partial charge in [-0.1, -0.05) is 0 Å². The number of fused-ring (bicyclic) bond motifs is 1. The van der Waals surface area contributed by atoms with Gasteiger partial charge in [0.25, 0.3) is 5.82 Å². The van der Waals surface area contributed by atoms with Crippen LogP contribution in [-0.4, -0.2) is 69.7 Å². The monoisotopic (exact) mass is 543 g/mol. The Hall–Kier alpha value is -3.09. The van der Waals surface area contributed by atoms with Gasteiger partial charge in [0.05, 0.1) is 23.5 Å². The fourth-order valence-electron chi connectivity index (χ4n) is 4.09. The number of aromatic nitrogens is 7. The molecule has 4 N–H and O–H groups in total. The number of nitrogens with two attached hydrogens (primary N) is 1. The first kappa shape index (κ1) is 24.6. The van der Waals surface area contributed by atoms with Crippen molar-refractivity contribution in [3.8, 4) is 11.4 Å². The van der Waals surface area contributed by atoms with E-state index in [1.165, 1.54) is 4.68 Å². The molecule has 3 aromatic rings. The van der Waals surface area contributed by atoms with Gasteiger partial charge in [0.1, 0.15) is 10.7 Å². The van der Waals surface area contributed by atoms with Gasteiger partial charge in [-0.2, -0.15) is 18.4 Å². The molecule has 36 heavy (non-hydrogen) atoms. The Morgan fingerprint density at radius 3 is 2.78 bits per heavy atom. The lowest BCUT2D eigenvalue weighted by Gasteiger charge is -2.30. The Bertz CT molecular complexity index is 1380. The molecule has 5 rings (SSSR count). The van der Waals surface area contributed by atoms with Crippen molar-refractivity contribution in [3.05, 3.63) is 23.8 Å². The third-order valence-corrected chi connectivity index (χ3v) is 7.62. The van der Waals surface area contributed by atoms with Crippen molar-refractivity contribution >= 4 is 33.9 Å². The molecule has 1 saturated heterocycles. The van der Waals surface area contributed by atoms with Gasteiger partial charge >= 0.3 is 6.18 Å². The molecule has 18 heteroatoms. The van der Waals surface area contributed by atoms with Gasteiger partial charge in [0.2, 0.25) is 15.8 Å². The molecule has 1 atom stereocenters. The number of aromatic amines is 1. The molecule has 13 nitrogen and oxygen atoms in total. The Kier molecular flexibility index (Phi) is 6.43. The quantitative estimate of drug-likeness (QED) is 0.299. The third kappa shape index (κ3) is 4.93. The van der Waals surface area contributed by atoms with Crippen LogP contribution in [0.25, 0.3) is 11.4 Å². The number of hydrogen-bond acceptors (Lipinski definition) is 11. The lowest BCUT2D eigenvalue weighted by Crippen LogP contribution is -2.35. The van der Waals surface area contributed by atoms with Gasteiger partial charge in [-0.3, -0.25) is 0 Å². The second kappa shape index (κ2) is 9.41. The van der Waals surface area contributed by atoms with Crippen LogP contribution >= 0.6 is 11.9 Å². The van der Waals surface area contributed by atoms with E-state index in [0.29, 0.717) is 5.69 Å². The lowest BCUT2D eigenvalue weighted by atomic mass is 10.1. The minimum atomic E-state index is -4.68. The predicted molar refractivity (Wildman–Crippen MR) is 122 cm³/mol. The zero-order chi connectivity index (χ0) is 25.5. The number of nitrogens with one attached hydrogen (secondary N) is 2. The fourth-order valence-corrected chi connectivity index (χ4v) is 6.04. The minimum Gasteiger partial charge on any atom is -0.362 e. The Morgan fingerprint density at radius 2 is 2.11 bits per heavy atom. The molecule has 0 bridgehead atoms. The highest BCUT2D eigenvalue weighted by molar-refractivity contribution is 7.99. The van der Waals surface area contributed by atoms with Crippen molar-refractivity contribution in [3.63, 3.8) is 0 Å². The molecule has 0 aliphatic carbocycles. The van der Waals surface area contributed by atoms with Crippen molar-refractivity contribution in [2.45, 2.75) is 35.5 Å². The highest BCUT2D eigenvalue weighted by atomic mass is 32.2. The summed E-state index contributed by atoms with van der Waals surface area (Å²) in [6, 6.07) is 3.18. The normalized spacial score (nSPS) is 18.8. The number of nitrogens with zero attached hydrogens (tertiary/aromatic N) is 8. The molecule has 0 spiro atoms. The number of anilines is 1. The average Bonchev–Trinajstić information content (AvgIpc) is 3.58. The second-order valence-electron chi connectivity index (χ2n) is 8.16. The van der Waals surface area contributed by atoms with E-state index >= 15 is 0 Å². The summed E-state index contributed by atoms with van der Waals surface area (Å²) in [5.41, 5.74) is 0.412. The van der Waals surface area contributed by atoms with Crippen LogP contribution in [0.5, 0.6) is 0 Å². The first-order valence-electron chi connectivity index (χ1n) is 10.7. The predicted octanol–water partition coefficient (Wildman–Crippen LogP) is 0.832. The standard InChI is InChI=1S/C18H20F3N11O2S2/c19-18(20,21)17-25-13-9-31(5-6-32(13)28-17)11-1-2-12(35-24-8-10-3-4-23-7-10)15(36(22,33)34)14(11)16-26-29-30-27-16/h1-2,8,10,23H,3-7,9H2,(H2,22,33,34)(H,26,27,29,30). The summed E-state index contributed by atoms with van der Waals surface area (Å²) in [7, 11) is -4.31. The zero-order valence-electron chi connectivity index (χ0n) is 18.5. The average molecular weight is 544 g/mol. The summed E-state index contributed by atoms with van der Waals surface area (Å²) >= 11 is 0.949. The molecule has 2 aliphatic heterocycles. The lowest BCUT2D eigenvalue weighted by molar-refractivity contribution is -0.145. The van der Waals surface area contributed by atoms with Gasteiger partial charge in [-0.25, -0.2) is 27.6 Å². The summed E-state index contributed by atoms with van der Waals surface area (Å²) in [4.78, 5) is 5.29. The topological polar surface area (TPSA) is 173 Å². The second-order valence-corrected chi connectivity index (χ2v) is 10.5. The summed E-state index contributed by atoms with van der Waals surface area (Å²) in [6.45, 7) is 1.94. The summed E-state index contributed by atoms with van der Waals surface area (Å²) in [5, 5.41) is 26.1. The molecule has 1 unspecified atom stereocenters. The molecule has 0 saturated carbocycles. The van der Waals surface area contributed by atoms with Crippen LogP contribution in [0.15, 0.2) is 26.3 Å². The van der Waals surface area contributed by atoms with Gasteiger partial charge < -0.3 is 10.2 Å². The van der Waals surface area contributed by atoms with E-state index in [1.807, 2.05) is 0 Å². The fraction of sp³-hybridized carbons (Fsp3) is 0.444. The Balaban J connectivity index is 1.56. The van der Waals surface area contributed by atoms with E-state index in [0.717, 1.165) is 31.5 Å². The molecule has 2 aromatic heterocycles. The van der Waals surface area contributed by atoms with Crippen LogP contribution in [0.3, 0.4) is 0 Å². The number of halogens is 3. The van der Waals surface area contributed by atoms with E-state index in [2.05, 4.69) is 40.4 Å². The largest absolute Gasteiger partial charge is 0.453 e. The first-order valence-corrected chi connectivity index (χ1v) is 13.0. The van der Waals surface area contributed by atoms with Gasteiger partial charge in [0, 0.05) is 42.9 Å². The van der Waals surface area contributed by atoms with E-state index < -0.39 is 22.0 Å². The summed E-state index contributed by atoms with van der Waals surface area (Å²) in [5.74, 6) is -0.954. The molecule has 2 aliphatic rings. The molecular weight excluding hydrogens is 523 g/mol. The zero-order valence-corrected chi connectivity index (χ0v) is 20.1. The maximum absolute atomic E-state index is 13.1. The molecule has 4 heterocycles. The SMILES string of the molecule is NS(=O)(=O)c1c(SN=CC2CCNC2)ccc(N2CCn3nc(C(F)(F)F)nc3C2)c1-c1nn[nH]n1. The van der Waals surface area contributed by atoms with Crippen molar-refractivity contribution in [2.75, 3.05) is 24.5 Å². The van der Waals surface area contributed by atoms with Crippen LogP contribution in [0.1, 0.15) is 18.1 Å². The molecular formula is C18H20F3N11O2S2. The minimum absolute atomic E-state index is 0.0385. The van der Waals surface area contributed by atoms with Crippen LogP contribution in [-0.2, 0) is 29.3 Å². The van der Waals surface area contributed by atoms with E-state index in [1.54, 1.807) is 23.2 Å². The van der Waals surface area contributed by atoms with E-state index in [9.17, 15) is 21.6 Å². The van der Waals surface area contributed by atoms with E-state index in [4.69, 9.17) is 5.14 Å². The number of H-pyrrole nitrogens is 1. The maximum Gasteiger partial charge on any atom is 0.453 e. The van der Waals surface area contributed by atoms with Crippen molar-refractivity contribution < 1.29 is 21.6 Å². The smallest absolute Gasteiger partial charge is 0.362 e. The number of tetrazole rings is 1.